The minimum Gasteiger partial charge on any atom is -0.308 e. The molecule has 0 saturated heterocycles. The number of hydrogen-bond donors (Lipinski definition) is 2. The third-order valence-corrected chi connectivity index (χ3v) is 4.96. The zero-order valence-electron chi connectivity index (χ0n) is 15.4. The van der Waals surface area contributed by atoms with Crippen LogP contribution < -0.4 is 10.6 Å². The Kier molecular flexibility index (Phi) is 5.47. The Bertz CT molecular complexity index is 1270. The Hall–Kier alpha value is -3.30. The average Bonchev–Trinajstić information content (AvgIpc) is 3.15. The molecule has 2 aromatic carbocycles. The van der Waals surface area contributed by atoms with Crippen LogP contribution in [0.1, 0.15) is 5.56 Å². The van der Waals surface area contributed by atoms with Crippen molar-refractivity contribution in [1.29, 1.82) is 0 Å². The van der Waals surface area contributed by atoms with Crippen molar-refractivity contribution in [3.8, 4) is 5.69 Å². The molecule has 4 rings (SSSR count). The third kappa shape index (κ3) is 4.42. The fraction of sp³-hybridized carbons (Fsp3) is 0.0500. The molecule has 2 N–H and O–H groups in total. The van der Waals surface area contributed by atoms with Gasteiger partial charge in [0.15, 0.2) is 5.15 Å². The van der Waals surface area contributed by atoms with Crippen LogP contribution >= 0.6 is 23.2 Å². The van der Waals surface area contributed by atoms with E-state index in [9.17, 15) is 18.0 Å². The van der Waals surface area contributed by atoms with E-state index in [0.717, 1.165) is 23.3 Å². The van der Waals surface area contributed by atoms with Gasteiger partial charge in [-0.1, -0.05) is 23.2 Å². The maximum Gasteiger partial charge on any atom is 0.417 e. The monoisotopic (exact) mass is 465 g/mol. The van der Waals surface area contributed by atoms with E-state index < -0.39 is 22.8 Å². The number of pyridine rings is 1. The Morgan fingerprint density at radius 2 is 1.61 bits per heavy atom. The van der Waals surface area contributed by atoms with Crippen molar-refractivity contribution >= 4 is 51.6 Å². The summed E-state index contributed by atoms with van der Waals surface area (Å²) < 4.78 is 40.7. The first-order valence-electron chi connectivity index (χ1n) is 8.75. The van der Waals surface area contributed by atoms with Gasteiger partial charge in [0, 0.05) is 23.3 Å². The van der Waals surface area contributed by atoms with Gasteiger partial charge in [0.2, 0.25) is 0 Å². The highest BCUT2D eigenvalue weighted by Crippen LogP contribution is 2.36. The predicted molar refractivity (Wildman–Crippen MR) is 113 cm³/mol. The van der Waals surface area contributed by atoms with Crippen LogP contribution in [-0.2, 0) is 6.18 Å². The molecular weight excluding hydrogens is 454 g/mol. The summed E-state index contributed by atoms with van der Waals surface area (Å²) in [5.74, 6) is 0. The fourth-order valence-corrected chi connectivity index (χ4v) is 3.36. The second-order valence-corrected chi connectivity index (χ2v) is 7.17. The molecule has 158 valence electrons. The van der Waals surface area contributed by atoms with Crippen LogP contribution in [0.4, 0.5) is 29.3 Å². The molecule has 0 spiro atoms. The van der Waals surface area contributed by atoms with Gasteiger partial charge in [-0.25, -0.2) is 14.8 Å². The molecular formula is C20H12Cl2F3N5O. The summed E-state index contributed by atoms with van der Waals surface area (Å²) in [6.07, 6.45) is -1.45. The molecule has 0 bridgehead atoms. The molecule has 31 heavy (non-hydrogen) atoms. The first-order valence-corrected chi connectivity index (χ1v) is 9.51. The first-order chi connectivity index (χ1) is 14.7. The number of anilines is 2. The smallest absolute Gasteiger partial charge is 0.308 e. The van der Waals surface area contributed by atoms with Crippen molar-refractivity contribution in [2.45, 2.75) is 6.18 Å². The summed E-state index contributed by atoms with van der Waals surface area (Å²) in [5.41, 5.74) is 1.47. The summed E-state index contributed by atoms with van der Waals surface area (Å²) in [6.45, 7) is 0. The maximum absolute atomic E-state index is 13.0. The van der Waals surface area contributed by atoms with Crippen molar-refractivity contribution in [3.05, 3.63) is 76.8 Å². The van der Waals surface area contributed by atoms with Gasteiger partial charge in [0.05, 0.1) is 16.1 Å². The second kappa shape index (κ2) is 8.09. The molecule has 0 aliphatic rings. The second-order valence-electron chi connectivity index (χ2n) is 6.40. The van der Waals surface area contributed by atoms with E-state index in [2.05, 4.69) is 20.6 Å². The van der Waals surface area contributed by atoms with Crippen LogP contribution in [0, 0.1) is 0 Å². The number of nitrogens with one attached hydrogen (secondary N) is 2. The molecule has 4 aromatic rings. The van der Waals surface area contributed by atoms with Gasteiger partial charge in [0.25, 0.3) is 0 Å². The number of carbonyl (C=O) groups is 1. The van der Waals surface area contributed by atoms with Crippen LogP contribution in [0.15, 0.2) is 61.1 Å². The van der Waals surface area contributed by atoms with E-state index in [1.807, 2.05) is 0 Å². The predicted octanol–water partition coefficient (Wildman–Crippen LogP) is 6.39. The molecule has 0 aliphatic heterocycles. The molecule has 2 amide bonds. The Morgan fingerprint density at radius 1 is 0.935 bits per heavy atom. The number of fused-ring (bicyclic) bond motifs is 1. The number of hydrogen-bond acceptors (Lipinski definition) is 3. The van der Waals surface area contributed by atoms with Gasteiger partial charge in [-0.05, 0) is 48.5 Å². The van der Waals surface area contributed by atoms with Crippen molar-refractivity contribution in [2.75, 3.05) is 10.6 Å². The van der Waals surface area contributed by atoms with Crippen molar-refractivity contribution in [1.82, 2.24) is 14.5 Å². The highest BCUT2D eigenvalue weighted by molar-refractivity contribution is 6.33. The lowest BCUT2D eigenvalue weighted by Crippen LogP contribution is -2.20. The van der Waals surface area contributed by atoms with Gasteiger partial charge in [-0.15, -0.1) is 0 Å². The van der Waals surface area contributed by atoms with Crippen LogP contribution in [0.5, 0.6) is 0 Å². The van der Waals surface area contributed by atoms with Crippen molar-refractivity contribution in [3.63, 3.8) is 0 Å². The molecule has 0 atom stereocenters. The number of nitrogens with zero attached hydrogens (tertiary/aromatic N) is 3. The van der Waals surface area contributed by atoms with E-state index >= 15 is 0 Å². The molecule has 6 nitrogen and oxygen atoms in total. The number of alkyl halides is 3. The van der Waals surface area contributed by atoms with E-state index in [0.29, 0.717) is 16.4 Å². The van der Waals surface area contributed by atoms with E-state index in [1.54, 1.807) is 47.4 Å². The van der Waals surface area contributed by atoms with Gasteiger partial charge < -0.3 is 10.6 Å². The zero-order valence-corrected chi connectivity index (χ0v) is 16.9. The van der Waals surface area contributed by atoms with Gasteiger partial charge in [-0.2, -0.15) is 13.2 Å². The molecule has 11 heteroatoms. The topological polar surface area (TPSA) is 71.8 Å². The fourth-order valence-electron chi connectivity index (χ4n) is 2.94. The number of urea groups is 1. The van der Waals surface area contributed by atoms with Crippen molar-refractivity contribution in [2.24, 2.45) is 0 Å². The summed E-state index contributed by atoms with van der Waals surface area (Å²) in [6, 6.07) is 11.0. The number of carbonyl (C=O) groups excluding carboxylic acids is 1. The lowest BCUT2D eigenvalue weighted by atomic mass is 10.2. The van der Waals surface area contributed by atoms with Crippen molar-refractivity contribution < 1.29 is 18.0 Å². The summed E-state index contributed by atoms with van der Waals surface area (Å²) in [4.78, 5) is 20.4. The molecule has 0 saturated carbocycles. The van der Waals surface area contributed by atoms with Gasteiger partial charge in [0.1, 0.15) is 11.8 Å². The highest BCUT2D eigenvalue weighted by Gasteiger charge is 2.33. The molecule has 0 fully saturated rings. The van der Waals surface area contributed by atoms with Gasteiger partial charge in [-0.3, -0.25) is 4.57 Å². The number of benzene rings is 2. The maximum atomic E-state index is 13.0. The third-order valence-electron chi connectivity index (χ3n) is 4.35. The minimum atomic E-state index is -4.63. The van der Waals surface area contributed by atoms with Crippen LogP contribution in [-0.4, -0.2) is 20.6 Å². The molecule has 2 heterocycles. The Morgan fingerprint density at radius 3 is 2.32 bits per heavy atom. The lowest BCUT2D eigenvalue weighted by molar-refractivity contribution is -0.137. The summed E-state index contributed by atoms with van der Waals surface area (Å²) in [5, 5.41) is 4.77. The van der Waals surface area contributed by atoms with E-state index in [4.69, 9.17) is 23.2 Å². The molecule has 2 aromatic heterocycles. The van der Waals surface area contributed by atoms with E-state index in [1.165, 1.54) is 6.07 Å². The molecule has 0 aliphatic carbocycles. The van der Waals surface area contributed by atoms with Gasteiger partial charge >= 0.3 is 12.2 Å². The number of halogens is 5. The zero-order chi connectivity index (χ0) is 22.2. The van der Waals surface area contributed by atoms with Crippen LogP contribution in [0.2, 0.25) is 10.2 Å². The number of imidazole rings is 1. The largest absolute Gasteiger partial charge is 0.417 e. The average molecular weight is 466 g/mol. The summed E-state index contributed by atoms with van der Waals surface area (Å²) in [7, 11) is 0. The highest BCUT2D eigenvalue weighted by atomic mass is 35.5. The number of rotatable bonds is 3. The standard InChI is InChI=1S/C20H12Cl2F3N5O/c21-15-6-3-12(9-14(15)20(23,24)25)29-19(31)28-11-1-4-13(5-2-11)30-10-27-17-16(30)7-8-26-18(17)22/h1-10H,(H2,28,29,31). The lowest BCUT2D eigenvalue weighted by Gasteiger charge is -2.12. The number of aromatic nitrogens is 3. The Balaban J connectivity index is 1.48. The molecule has 0 unspecified atom stereocenters. The first kappa shape index (κ1) is 21.0. The van der Waals surface area contributed by atoms with Crippen LogP contribution in [0.3, 0.4) is 0 Å². The number of amides is 2. The Labute approximate surface area is 183 Å². The normalized spacial score (nSPS) is 11.5. The minimum absolute atomic E-state index is 0.0405. The molecule has 0 radical (unpaired) electrons. The summed E-state index contributed by atoms with van der Waals surface area (Å²) >= 11 is 11.6. The quantitative estimate of drug-likeness (QED) is 0.344. The van der Waals surface area contributed by atoms with Crippen LogP contribution in [0.25, 0.3) is 16.7 Å². The van der Waals surface area contributed by atoms with E-state index in [-0.39, 0.29) is 5.69 Å². The SMILES string of the molecule is O=C(Nc1ccc(-n2cnc3c(Cl)nccc32)cc1)Nc1ccc(Cl)c(C(F)(F)F)c1.